The molecule has 0 amide bonds. The molecule has 40 heavy (non-hydrogen) atoms. The number of ether oxygens (including phenoxy) is 1. The number of ketones is 1. The van der Waals surface area contributed by atoms with Crippen LogP contribution in [0.1, 0.15) is 117 Å². The number of Topliss-reactive ketones (excluding diaryl/α,β-unsaturated/α-hetero) is 1. The lowest BCUT2D eigenvalue weighted by Crippen LogP contribution is -2.27. The van der Waals surface area contributed by atoms with Gasteiger partial charge < -0.3 is 10.1 Å². The average molecular weight is 554 g/mol. The quantitative estimate of drug-likeness (QED) is 0.336. The van der Waals surface area contributed by atoms with Crippen LogP contribution in [0.5, 0.6) is 5.75 Å². The Hall–Kier alpha value is -2.88. The summed E-state index contributed by atoms with van der Waals surface area (Å²) in [5, 5.41) is 3.19. The summed E-state index contributed by atoms with van der Waals surface area (Å²) in [5.74, 6) is 1.59. The molecule has 0 saturated heterocycles. The molecule has 4 heteroatoms. The van der Waals surface area contributed by atoms with Gasteiger partial charge in [0, 0.05) is 5.41 Å². The maximum atomic E-state index is 12.7. The van der Waals surface area contributed by atoms with Crippen LogP contribution in [-0.4, -0.2) is 12.4 Å². The molecule has 0 aromatic heterocycles. The maximum absolute atomic E-state index is 12.7. The zero-order chi connectivity index (χ0) is 30.6. The molecular weight excluding hydrogens is 497 g/mol. The van der Waals surface area contributed by atoms with E-state index in [1.54, 1.807) is 19.1 Å². The lowest BCUT2D eigenvalue weighted by atomic mass is 9.78. The minimum Gasteiger partial charge on any atom is -0.493 e. The second-order valence-corrected chi connectivity index (χ2v) is 10.5. The Balaban J connectivity index is 0.000000648. The normalized spacial score (nSPS) is 15.5. The first-order valence-corrected chi connectivity index (χ1v) is 15.1. The van der Waals surface area contributed by atoms with Crippen LogP contribution in [-0.2, 0) is 11.2 Å². The molecule has 2 unspecified atom stereocenters. The van der Waals surface area contributed by atoms with Crippen LogP contribution in [0.3, 0.4) is 0 Å². The molecule has 3 nitrogen and oxygen atoms in total. The first-order chi connectivity index (χ1) is 19.1. The van der Waals surface area contributed by atoms with Crippen LogP contribution in [0.4, 0.5) is 4.39 Å². The molecule has 1 aliphatic rings. The van der Waals surface area contributed by atoms with E-state index < -0.39 is 0 Å². The summed E-state index contributed by atoms with van der Waals surface area (Å²) in [4.78, 5) is 11.5. The number of hydrogen-bond donors (Lipinski definition) is 1. The highest BCUT2D eigenvalue weighted by Gasteiger charge is 2.27. The molecule has 2 aromatic rings. The molecule has 0 bridgehead atoms. The minimum absolute atomic E-state index is 0.189. The van der Waals surface area contributed by atoms with Gasteiger partial charge in [-0.1, -0.05) is 95.9 Å². The molecule has 0 aliphatic carbocycles. The van der Waals surface area contributed by atoms with E-state index in [0.717, 1.165) is 37.2 Å². The monoisotopic (exact) mass is 553 g/mol. The summed E-state index contributed by atoms with van der Waals surface area (Å²) in [5.41, 5.74) is 4.74. The molecule has 2 atom stereocenters. The number of unbranched alkanes of at least 4 members (excludes halogenated alkanes) is 1. The molecule has 0 saturated carbocycles. The Morgan fingerprint density at radius 2 is 1.70 bits per heavy atom. The standard InChI is InChI=1S/C17H23NO.C13H17FO.C4H10.C2H6/c1-4-8-18-12-14(3)10-15-7-9-19-17-6-5-13(2)11-16(15)17;1-4-13(3,10(2)15)9-11-5-7-12(14)8-6-11;1-3-4-2;1-2/h4-6,8,11-12,15,18H,7,9-10H2,1-3H3;5-8H,4,9H2,1-3H3;3-4H2,1-2H3;1-2H3/b8-4-,14-12+;;;. The Bertz CT molecular complexity index is 1020. The topological polar surface area (TPSA) is 38.3 Å². The highest BCUT2D eigenvalue weighted by Crippen LogP contribution is 2.37. The smallest absolute Gasteiger partial charge is 0.136 e. The number of carbonyl (C=O) groups is 1. The number of rotatable bonds is 9. The van der Waals surface area contributed by atoms with Crippen LogP contribution >= 0.6 is 0 Å². The van der Waals surface area contributed by atoms with Crippen molar-refractivity contribution in [2.75, 3.05) is 6.61 Å². The molecule has 1 N–H and O–H groups in total. The SMILES string of the molecule is C/C=C\N/C=C(\C)CC1CCOc2ccc(C)cc21.CC.CCC(C)(Cc1ccc(F)cc1)C(C)=O.CCCC. The Morgan fingerprint density at radius 3 is 2.23 bits per heavy atom. The number of aryl methyl sites for hydroxylation is 1. The van der Waals surface area contributed by atoms with Gasteiger partial charge in [-0.05, 0) is 101 Å². The second-order valence-electron chi connectivity index (χ2n) is 10.5. The Labute approximate surface area is 245 Å². The fourth-order valence-corrected chi connectivity index (χ4v) is 4.08. The van der Waals surface area contributed by atoms with Crippen LogP contribution in [0.25, 0.3) is 0 Å². The largest absolute Gasteiger partial charge is 0.493 e. The number of benzene rings is 2. The molecule has 0 fully saturated rings. The van der Waals surface area contributed by atoms with E-state index in [9.17, 15) is 9.18 Å². The molecule has 2 aromatic carbocycles. The van der Waals surface area contributed by atoms with Gasteiger partial charge in [-0.15, -0.1) is 0 Å². The van der Waals surface area contributed by atoms with E-state index >= 15 is 0 Å². The van der Waals surface area contributed by atoms with Gasteiger partial charge >= 0.3 is 0 Å². The highest BCUT2D eigenvalue weighted by molar-refractivity contribution is 5.82. The lowest BCUT2D eigenvalue weighted by molar-refractivity contribution is -0.125. The van der Waals surface area contributed by atoms with E-state index in [0.29, 0.717) is 12.3 Å². The van der Waals surface area contributed by atoms with E-state index in [1.807, 2.05) is 46.9 Å². The molecule has 1 heterocycles. The third-order valence-electron chi connectivity index (χ3n) is 7.13. The predicted octanol–water partition coefficient (Wildman–Crippen LogP) is 10.5. The number of carbonyl (C=O) groups excluding carboxylic acids is 1. The van der Waals surface area contributed by atoms with Gasteiger partial charge in [-0.2, -0.15) is 0 Å². The van der Waals surface area contributed by atoms with Crippen molar-refractivity contribution in [2.24, 2.45) is 5.41 Å². The molecule has 224 valence electrons. The van der Waals surface area contributed by atoms with Gasteiger partial charge in [0.25, 0.3) is 0 Å². The van der Waals surface area contributed by atoms with E-state index in [1.165, 1.54) is 41.7 Å². The van der Waals surface area contributed by atoms with Crippen molar-refractivity contribution >= 4 is 5.78 Å². The second kappa shape index (κ2) is 20.9. The van der Waals surface area contributed by atoms with Crippen molar-refractivity contribution in [3.8, 4) is 5.75 Å². The third kappa shape index (κ3) is 14.0. The molecule has 0 radical (unpaired) electrons. The average Bonchev–Trinajstić information content (AvgIpc) is 2.96. The van der Waals surface area contributed by atoms with Crippen molar-refractivity contribution in [3.05, 3.63) is 89.0 Å². The van der Waals surface area contributed by atoms with Crippen LogP contribution < -0.4 is 10.1 Å². The number of nitrogens with one attached hydrogen (secondary N) is 1. The predicted molar refractivity (Wildman–Crippen MR) is 171 cm³/mol. The summed E-state index contributed by atoms with van der Waals surface area (Å²) >= 11 is 0. The first-order valence-electron chi connectivity index (χ1n) is 15.1. The Morgan fingerprint density at radius 1 is 1.07 bits per heavy atom. The molecule has 0 spiro atoms. The molecule has 1 aliphatic heterocycles. The molecular formula is C36H56FNO2. The first kappa shape index (κ1) is 37.1. The van der Waals surface area contributed by atoms with Crippen LogP contribution in [0, 0.1) is 18.2 Å². The summed E-state index contributed by atoms with van der Waals surface area (Å²) in [6.07, 6.45) is 12.3. The van der Waals surface area contributed by atoms with E-state index in [-0.39, 0.29) is 17.0 Å². The van der Waals surface area contributed by atoms with Crippen molar-refractivity contribution in [1.29, 1.82) is 0 Å². The fourth-order valence-electron chi connectivity index (χ4n) is 4.08. The molecule has 3 rings (SSSR count). The van der Waals surface area contributed by atoms with Crippen LogP contribution in [0.2, 0.25) is 0 Å². The summed E-state index contributed by atoms with van der Waals surface area (Å²) in [7, 11) is 0. The van der Waals surface area contributed by atoms with Crippen molar-refractivity contribution in [2.45, 2.75) is 114 Å². The fraction of sp³-hybridized carbons (Fsp3) is 0.528. The highest BCUT2D eigenvalue weighted by atomic mass is 19.1. The summed E-state index contributed by atoms with van der Waals surface area (Å²) in [6.45, 7) is 21.1. The zero-order valence-electron chi connectivity index (χ0n) is 27.0. The van der Waals surface area contributed by atoms with E-state index in [2.05, 4.69) is 57.4 Å². The van der Waals surface area contributed by atoms with Gasteiger partial charge in [0.05, 0.1) is 6.61 Å². The summed E-state index contributed by atoms with van der Waals surface area (Å²) < 4.78 is 18.4. The van der Waals surface area contributed by atoms with Gasteiger partial charge in [0.1, 0.15) is 17.3 Å². The van der Waals surface area contributed by atoms with Crippen molar-refractivity contribution in [3.63, 3.8) is 0 Å². The van der Waals surface area contributed by atoms with Gasteiger partial charge in [0.15, 0.2) is 0 Å². The Kier molecular flexibility index (Phi) is 19.4. The minimum atomic E-state index is -0.322. The summed E-state index contributed by atoms with van der Waals surface area (Å²) in [6, 6.07) is 12.9. The van der Waals surface area contributed by atoms with Crippen molar-refractivity contribution in [1.82, 2.24) is 5.32 Å². The maximum Gasteiger partial charge on any atom is 0.136 e. The van der Waals surface area contributed by atoms with Gasteiger partial charge in [-0.25, -0.2) is 4.39 Å². The van der Waals surface area contributed by atoms with Crippen LogP contribution in [0.15, 0.2) is 66.5 Å². The van der Waals surface area contributed by atoms with E-state index in [4.69, 9.17) is 4.74 Å². The van der Waals surface area contributed by atoms with Gasteiger partial charge in [-0.3, -0.25) is 4.79 Å². The number of fused-ring (bicyclic) bond motifs is 1. The lowest BCUT2D eigenvalue weighted by Gasteiger charge is -2.26. The third-order valence-corrected chi connectivity index (χ3v) is 7.13. The number of hydrogen-bond acceptors (Lipinski definition) is 3. The zero-order valence-corrected chi connectivity index (χ0v) is 27.0. The number of halogens is 1. The van der Waals surface area contributed by atoms with Gasteiger partial charge in [0.2, 0.25) is 0 Å². The number of allylic oxidation sites excluding steroid dienone is 2. The van der Waals surface area contributed by atoms with Crippen molar-refractivity contribution < 1.29 is 13.9 Å².